The van der Waals surface area contributed by atoms with Crippen molar-refractivity contribution in [2.24, 2.45) is 0 Å². The monoisotopic (exact) mass is 274 g/mol. The fraction of sp³-hybridized carbons (Fsp3) is 0.333. The Kier molecular flexibility index (Phi) is 4.65. The molecule has 0 fully saturated rings. The molecule has 0 bridgehead atoms. The molecule has 1 N–H and O–H groups in total. The minimum atomic E-state index is -0.700. The van der Waals surface area contributed by atoms with Crippen molar-refractivity contribution in [1.29, 1.82) is 0 Å². The van der Waals surface area contributed by atoms with Crippen molar-refractivity contribution < 1.29 is 14.6 Å². The van der Waals surface area contributed by atoms with Crippen LogP contribution in [0.4, 0.5) is 0 Å². The molecule has 2 rings (SSSR count). The summed E-state index contributed by atoms with van der Waals surface area (Å²) in [5.74, 6) is -0.217. The van der Waals surface area contributed by atoms with Crippen molar-refractivity contribution in [3.63, 3.8) is 0 Å². The second-order valence-electron chi connectivity index (χ2n) is 4.68. The average molecular weight is 274 g/mol. The molecule has 0 saturated heterocycles. The molecule has 0 aliphatic rings. The zero-order valence-corrected chi connectivity index (χ0v) is 11.6. The van der Waals surface area contributed by atoms with Crippen LogP contribution in [0.3, 0.4) is 0 Å². The van der Waals surface area contributed by atoms with E-state index >= 15 is 0 Å². The number of aliphatic hydroxyl groups is 1. The maximum absolute atomic E-state index is 12.2. The van der Waals surface area contributed by atoms with Gasteiger partial charge in [-0.2, -0.15) is 0 Å². The first-order valence-corrected chi connectivity index (χ1v) is 6.40. The van der Waals surface area contributed by atoms with Crippen LogP contribution in [-0.4, -0.2) is 54.3 Å². The first-order valence-electron chi connectivity index (χ1n) is 6.40. The number of aliphatic hydroxyl groups excluding tert-OH is 1. The highest BCUT2D eigenvalue weighted by atomic mass is 16.5. The Hall–Kier alpha value is -1.98. The molecule has 0 aliphatic carbocycles. The Balaban J connectivity index is 2.14. The molecular formula is C15H18N2O3. The number of carbonyl (C=O) groups is 1. The lowest BCUT2D eigenvalue weighted by Crippen LogP contribution is -2.36. The van der Waals surface area contributed by atoms with Crippen molar-refractivity contribution in [1.82, 2.24) is 9.88 Å². The fourth-order valence-electron chi connectivity index (χ4n) is 2.02. The van der Waals surface area contributed by atoms with Gasteiger partial charge < -0.3 is 14.7 Å². The molecule has 1 aromatic heterocycles. The minimum absolute atomic E-state index is 0.197. The van der Waals surface area contributed by atoms with E-state index in [1.807, 2.05) is 30.3 Å². The summed E-state index contributed by atoms with van der Waals surface area (Å²) in [7, 11) is 3.15. The smallest absolute Gasteiger partial charge is 0.272 e. The van der Waals surface area contributed by atoms with E-state index in [1.165, 1.54) is 12.0 Å². The van der Waals surface area contributed by atoms with Crippen LogP contribution in [0.2, 0.25) is 0 Å². The van der Waals surface area contributed by atoms with Crippen LogP contribution >= 0.6 is 0 Å². The highest BCUT2D eigenvalue weighted by molar-refractivity contribution is 5.94. The number of rotatable bonds is 5. The van der Waals surface area contributed by atoms with Gasteiger partial charge in [0.25, 0.3) is 5.91 Å². The topological polar surface area (TPSA) is 62.7 Å². The zero-order chi connectivity index (χ0) is 14.5. The van der Waals surface area contributed by atoms with E-state index in [0.717, 1.165) is 10.9 Å². The summed E-state index contributed by atoms with van der Waals surface area (Å²) >= 11 is 0. The molecule has 106 valence electrons. The molecule has 1 heterocycles. The quantitative estimate of drug-likeness (QED) is 0.893. The van der Waals surface area contributed by atoms with Crippen LogP contribution in [0.5, 0.6) is 0 Å². The summed E-state index contributed by atoms with van der Waals surface area (Å²) in [6.07, 6.45) is -0.700. The number of methoxy groups -OCH3 is 1. The van der Waals surface area contributed by atoms with Gasteiger partial charge in [0.2, 0.25) is 0 Å². The number of aromatic nitrogens is 1. The number of carbonyl (C=O) groups excluding carboxylic acids is 1. The van der Waals surface area contributed by atoms with E-state index in [0.29, 0.717) is 5.69 Å². The SMILES string of the molecule is COCC(O)CN(C)C(=O)c1ccc2ccccc2n1. The number of fused-ring (bicyclic) bond motifs is 1. The predicted octanol–water partition coefficient (Wildman–Crippen LogP) is 1.31. The molecule has 0 spiro atoms. The van der Waals surface area contributed by atoms with Crippen LogP contribution in [0.1, 0.15) is 10.5 Å². The van der Waals surface area contributed by atoms with Crippen LogP contribution in [-0.2, 0) is 4.74 Å². The molecule has 1 atom stereocenters. The maximum Gasteiger partial charge on any atom is 0.272 e. The Bertz CT molecular complexity index is 600. The fourth-order valence-corrected chi connectivity index (χ4v) is 2.02. The summed E-state index contributed by atoms with van der Waals surface area (Å²) in [6, 6.07) is 11.2. The molecular weight excluding hydrogens is 256 g/mol. The largest absolute Gasteiger partial charge is 0.389 e. The van der Waals surface area contributed by atoms with Crippen molar-refractivity contribution in [3.8, 4) is 0 Å². The van der Waals surface area contributed by atoms with Crippen molar-refractivity contribution in [3.05, 3.63) is 42.1 Å². The summed E-state index contributed by atoms with van der Waals surface area (Å²) < 4.78 is 4.84. The van der Waals surface area contributed by atoms with Crippen LogP contribution in [0.25, 0.3) is 10.9 Å². The van der Waals surface area contributed by atoms with Gasteiger partial charge in [-0.25, -0.2) is 4.98 Å². The maximum atomic E-state index is 12.2. The number of hydrogen-bond acceptors (Lipinski definition) is 4. The summed E-state index contributed by atoms with van der Waals surface area (Å²) in [5.41, 5.74) is 1.15. The van der Waals surface area contributed by atoms with Gasteiger partial charge in [0, 0.05) is 26.1 Å². The van der Waals surface area contributed by atoms with Crippen molar-refractivity contribution in [2.45, 2.75) is 6.10 Å². The van der Waals surface area contributed by atoms with Crippen LogP contribution in [0.15, 0.2) is 36.4 Å². The normalized spacial score (nSPS) is 12.3. The molecule has 1 amide bonds. The lowest BCUT2D eigenvalue weighted by atomic mass is 10.2. The van der Waals surface area contributed by atoms with Crippen molar-refractivity contribution >= 4 is 16.8 Å². The first kappa shape index (κ1) is 14.4. The van der Waals surface area contributed by atoms with E-state index in [2.05, 4.69) is 4.98 Å². The van der Waals surface area contributed by atoms with E-state index in [9.17, 15) is 9.90 Å². The number of amides is 1. The van der Waals surface area contributed by atoms with E-state index in [4.69, 9.17) is 4.74 Å². The summed E-state index contributed by atoms with van der Waals surface area (Å²) in [4.78, 5) is 18.0. The molecule has 2 aromatic rings. The van der Waals surface area contributed by atoms with Gasteiger partial charge in [-0.1, -0.05) is 24.3 Å². The minimum Gasteiger partial charge on any atom is -0.389 e. The molecule has 1 unspecified atom stereocenters. The number of pyridine rings is 1. The molecule has 1 aromatic carbocycles. The first-order chi connectivity index (χ1) is 9.61. The lowest BCUT2D eigenvalue weighted by molar-refractivity contribution is 0.0378. The van der Waals surface area contributed by atoms with Gasteiger partial charge in [0.15, 0.2) is 0 Å². The number of hydrogen-bond donors (Lipinski definition) is 1. The molecule has 0 radical (unpaired) electrons. The number of benzene rings is 1. The third-order valence-electron chi connectivity index (χ3n) is 3.01. The third kappa shape index (κ3) is 3.31. The standard InChI is InChI=1S/C15H18N2O3/c1-17(9-12(18)10-20-2)15(19)14-8-7-11-5-3-4-6-13(11)16-14/h3-8,12,18H,9-10H2,1-2H3. The van der Waals surface area contributed by atoms with Crippen LogP contribution in [0, 0.1) is 0 Å². The Morgan fingerprint density at radius 3 is 2.85 bits per heavy atom. The number of nitrogens with zero attached hydrogens (tertiary/aromatic N) is 2. The summed E-state index contributed by atoms with van der Waals surface area (Å²) in [6.45, 7) is 0.407. The molecule has 5 heteroatoms. The van der Waals surface area contributed by atoms with Gasteiger partial charge in [-0.15, -0.1) is 0 Å². The second-order valence-corrected chi connectivity index (χ2v) is 4.68. The zero-order valence-electron chi connectivity index (χ0n) is 11.6. The van der Waals surface area contributed by atoms with Crippen molar-refractivity contribution in [2.75, 3.05) is 27.3 Å². The third-order valence-corrected chi connectivity index (χ3v) is 3.01. The Morgan fingerprint density at radius 1 is 1.35 bits per heavy atom. The van der Waals surface area contributed by atoms with E-state index < -0.39 is 6.10 Å². The Morgan fingerprint density at radius 2 is 2.10 bits per heavy atom. The highest BCUT2D eigenvalue weighted by Crippen LogP contribution is 2.12. The number of likely N-dealkylation sites (N-methyl/N-ethyl adjacent to an activating group) is 1. The number of para-hydroxylation sites is 1. The average Bonchev–Trinajstić information content (AvgIpc) is 2.46. The van der Waals surface area contributed by atoms with Gasteiger partial charge in [0.1, 0.15) is 5.69 Å². The Labute approximate surface area is 117 Å². The predicted molar refractivity (Wildman–Crippen MR) is 76.6 cm³/mol. The molecule has 0 saturated carbocycles. The molecule has 5 nitrogen and oxygen atoms in total. The second kappa shape index (κ2) is 6.45. The molecule has 20 heavy (non-hydrogen) atoms. The van der Waals surface area contributed by atoms with Gasteiger partial charge in [0.05, 0.1) is 18.2 Å². The van der Waals surface area contributed by atoms with Gasteiger partial charge >= 0.3 is 0 Å². The van der Waals surface area contributed by atoms with Gasteiger partial charge in [-0.05, 0) is 12.1 Å². The lowest BCUT2D eigenvalue weighted by Gasteiger charge is -2.20. The number of ether oxygens (including phenoxy) is 1. The molecule has 0 aliphatic heterocycles. The highest BCUT2D eigenvalue weighted by Gasteiger charge is 2.16. The van der Waals surface area contributed by atoms with E-state index in [-0.39, 0.29) is 19.1 Å². The van der Waals surface area contributed by atoms with Crippen LogP contribution < -0.4 is 0 Å². The van der Waals surface area contributed by atoms with E-state index in [1.54, 1.807) is 13.1 Å². The summed E-state index contributed by atoms with van der Waals surface area (Å²) in [5, 5.41) is 10.6. The van der Waals surface area contributed by atoms with Gasteiger partial charge in [-0.3, -0.25) is 4.79 Å².